The number of ether oxygens (including phenoxy) is 1. The fraction of sp³-hybridized carbons (Fsp3) is 0.500. The van der Waals surface area contributed by atoms with Crippen LogP contribution >= 0.6 is 0 Å². The SMILES string of the molecule is CCc1ccc2[nH]c(C)c(CC(=O)NC(CC(C)C)C(=O)OC)c2c1. The van der Waals surface area contributed by atoms with Crippen LogP contribution in [0.4, 0.5) is 0 Å². The monoisotopic (exact) mass is 344 g/mol. The minimum Gasteiger partial charge on any atom is -0.467 e. The lowest BCUT2D eigenvalue weighted by Gasteiger charge is -2.18. The first-order valence-electron chi connectivity index (χ1n) is 8.82. The Kier molecular flexibility index (Phi) is 6.23. The van der Waals surface area contributed by atoms with Crippen molar-refractivity contribution in [3.63, 3.8) is 0 Å². The van der Waals surface area contributed by atoms with Crippen molar-refractivity contribution >= 4 is 22.8 Å². The van der Waals surface area contributed by atoms with Gasteiger partial charge in [-0.15, -0.1) is 0 Å². The maximum atomic E-state index is 12.5. The van der Waals surface area contributed by atoms with Crippen LogP contribution in [0.2, 0.25) is 0 Å². The predicted molar refractivity (Wildman–Crippen MR) is 99.5 cm³/mol. The summed E-state index contributed by atoms with van der Waals surface area (Å²) >= 11 is 0. The van der Waals surface area contributed by atoms with Gasteiger partial charge >= 0.3 is 5.97 Å². The second kappa shape index (κ2) is 8.19. The maximum absolute atomic E-state index is 12.5. The Balaban J connectivity index is 2.20. The van der Waals surface area contributed by atoms with E-state index in [4.69, 9.17) is 4.74 Å². The average Bonchev–Trinajstić information content (AvgIpc) is 2.88. The fourth-order valence-corrected chi connectivity index (χ4v) is 3.11. The third kappa shape index (κ3) is 4.62. The van der Waals surface area contributed by atoms with Crippen molar-refractivity contribution in [2.45, 2.75) is 53.0 Å². The van der Waals surface area contributed by atoms with E-state index in [1.54, 1.807) is 0 Å². The minimum absolute atomic E-state index is 0.165. The highest BCUT2D eigenvalue weighted by Crippen LogP contribution is 2.24. The molecule has 5 heteroatoms. The summed E-state index contributed by atoms with van der Waals surface area (Å²) in [5.41, 5.74) is 4.23. The van der Waals surface area contributed by atoms with E-state index in [0.29, 0.717) is 6.42 Å². The lowest BCUT2D eigenvalue weighted by atomic mass is 10.0. The number of amides is 1. The molecule has 0 bridgehead atoms. The maximum Gasteiger partial charge on any atom is 0.328 e. The first kappa shape index (κ1) is 19.0. The molecule has 1 aromatic heterocycles. The zero-order valence-corrected chi connectivity index (χ0v) is 15.7. The number of fused-ring (bicyclic) bond motifs is 1. The smallest absolute Gasteiger partial charge is 0.328 e. The number of aromatic nitrogens is 1. The third-order valence-electron chi connectivity index (χ3n) is 4.46. The zero-order chi connectivity index (χ0) is 18.6. The molecule has 0 aliphatic carbocycles. The van der Waals surface area contributed by atoms with Gasteiger partial charge in [-0.3, -0.25) is 4.79 Å². The van der Waals surface area contributed by atoms with Crippen molar-refractivity contribution in [1.82, 2.24) is 10.3 Å². The summed E-state index contributed by atoms with van der Waals surface area (Å²) < 4.78 is 4.81. The molecule has 0 radical (unpaired) electrons. The molecule has 1 atom stereocenters. The highest BCUT2D eigenvalue weighted by Gasteiger charge is 2.23. The molecule has 0 aliphatic heterocycles. The number of aromatic amines is 1. The van der Waals surface area contributed by atoms with Crippen molar-refractivity contribution in [3.05, 3.63) is 35.0 Å². The second-order valence-corrected chi connectivity index (χ2v) is 6.91. The summed E-state index contributed by atoms with van der Waals surface area (Å²) in [6, 6.07) is 5.68. The molecule has 5 nitrogen and oxygen atoms in total. The van der Waals surface area contributed by atoms with Crippen LogP contribution in [0.5, 0.6) is 0 Å². The van der Waals surface area contributed by atoms with Gasteiger partial charge < -0.3 is 15.0 Å². The van der Waals surface area contributed by atoms with Gasteiger partial charge in [-0.1, -0.05) is 26.8 Å². The van der Waals surface area contributed by atoms with Gasteiger partial charge in [-0.25, -0.2) is 4.79 Å². The molecule has 0 spiro atoms. The second-order valence-electron chi connectivity index (χ2n) is 6.91. The molecule has 0 fully saturated rings. The Labute approximate surface area is 149 Å². The first-order valence-corrected chi connectivity index (χ1v) is 8.82. The lowest BCUT2D eigenvalue weighted by Crippen LogP contribution is -2.43. The molecule has 0 saturated carbocycles. The average molecular weight is 344 g/mol. The van der Waals surface area contributed by atoms with Crippen molar-refractivity contribution < 1.29 is 14.3 Å². The van der Waals surface area contributed by atoms with E-state index in [1.165, 1.54) is 12.7 Å². The minimum atomic E-state index is -0.603. The van der Waals surface area contributed by atoms with Gasteiger partial charge in [0.05, 0.1) is 13.5 Å². The molecule has 1 unspecified atom stereocenters. The fourth-order valence-electron chi connectivity index (χ4n) is 3.11. The highest BCUT2D eigenvalue weighted by molar-refractivity contribution is 5.92. The quantitative estimate of drug-likeness (QED) is 0.757. The van der Waals surface area contributed by atoms with Crippen LogP contribution in [-0.2, 0) is 27.2 Å². The lowest BCUT2D eigenvalue weighted by molar-refractivity contribution is -0.145. The van der Waals surface area contributed by atoms with Crippen LogP contribution in [0, 0.1) is 12.8 Å². The van der Waals surface area contributed by atoms with Crippen molar-refractivity contribution in [2.75, 3.05) is 7.11 Å². The Bertz CT molecular complexity index is 762. The summed E-state index contributed by atoms with van der Waals surface area (Å²) in [4.78, 5) is 27.8. The molecule has 2 N–H and O–H groups in total. The number of hydrogen-bond acceptors (Lipinski definition) is 3. The largest absolute Gasteiger partial charge is 0.467 e. The molecular weight excluding hydrogens is 316 g/mol. The van der Waals surface area contributed by atoms with E-state index >= 15 is 0 Å². The number of benzene rings is 1. The van der Waals surface area contributed by atoms with Crippen LogP contribution in [0.25, 0.3) is 10.9 Å². The summed E-state index contributed by atoms with van der Waals surface area (Å²) in [5.74, 6) is -0.278. The van der Waals surface area contributed by atoms with E-state index in [9.17, 15) is 9.59 Å². The number of methoxy groups -OCH3 is 1. The molecule has 1 heterocycles. The van der Waals surface area contributed by atoms with E-state index in [-0.39, 0.29) is 18.2 Å². The summed E-state index contributed by atoms with van der Waals surface area (Å²) in [7, 11) is 1.35. The van der Waals surface area contributed by atoms with Crippen LogP contribution in [0.3, 0.4) is 0 Å². The van der Waals surface area contributed by atoms with Gasteiger partial charge in [-0.05, 0) is 48.9 Å². The Hall–Kier alpha value is -2.30. The van der Waals surface area contributed by atoms with Crippen LogP contribution in [0.15, 0.2) is 18.2 Å². The van der Waals surface area contributed by atoms with Gasteiger partial charge in [0.15, 0.2) is 0 Å². The van der Waals surface area contributed by atoms with Crippen molar-refractivity contribution in [1.29, 1.82) is 0 Å². The van der Waals surface area contributed by atoms with Gasteiger partial charge in [0, 0.05) is 16.6 Å². The number of carbonyl (C=O) groups is 2. The number of esters is 1. The standard InChI is InChI=1S/C20H28N2O3/c1-6-14-7-8-17-16(10-14)15(13(4)21-17)11-19(23)22-18(9-12(2)3)20(24)25-5/h7-8,10,12,18,21H,6,9,11H2,1-5H3,(H,22,23). The van der Waals surface area contributed by atoms with Gasteiger partial charge in [-0.2, -0.15) is 0 Å². The zero-order valence-electron chi connectivity index (χ0n) is 15.7. The number of carbonyl (C=O) groups excluding carboxylic acids is 2. The summed E-state index contributed by atoms with van der Waals surface area (Å²) in [6.45, 7) is 8.11. The van der Waals surface area contributed by atoms with Crippen LogP contribution in [-0.4, -0.2) is 30.0 Å². The van der Waals surface area contributed by atoms with E-state index < -0.39 is 12.0 Å². The number of hydrogen-bond donors (Lipinski definition) is 2. The predicted octanol–water partition coefficient (Wildman–Crippen LogP) is 3.29. The molecule has 0 saturated heterocycles. The number of aryl methyl sites for hydroxylation is 2. The van der Waals surface area contributed by atoms with Crippen molar-refractivity contribution in [2.24, 2.45) is 5.92 Å². The summed E-state index contributed by atoms with van der Waals surface area (Å²) in [6.07, 6.45) is 1.75. The Morgan fingerprint density at radius 3 is 2.60 bits per heavy atom. The highest BCUT2D eigenvalue weighted by atomic mass is 16.5. The molecule has 1 amide bonds. The Morgan fingerprint density at radius 2 is 2.00 bits per heavy atom. The number of nitrogens with one attached hydrogen (secondary N) is 2. The molecule has 2 aromatic rings. The molecule has 1 aromatic carbocycles. The third-order valence-corrected chi connectivity index (χ3v) is 4.46. The number of rotatable bonds is 7. The topological polar surface area (TPSA) is 71.2 Å². The molecule has 136 valence electrons. The molecule has 25 heavy (non-hydrogen) atoms. The van der Waals surface area contributed by atoms with Gasteiger partial charge in [0.25, 0.3) is 0 Å². The van der Waals surface area contributed by atoms with Crippen molar-refractivity contribution in [3.8, 4) is 0 Å². The molecule has 0 aliphatic rings. The van der Waals surface area contributed by atoms with Gasteiger partial charge in [0.2, 0.25) is 5.91 Å². The Morgan fingerprint density at radius 1 is 1.28 bits per heavy atom. The van der Waals surface area contributed by atoms with E-state index in [2.05, 4.69) is 35.4 Å². The van der Waals surface area contributed by atoms with Crippen LogP contribution in [0.1, 0.15) is 44.0 Å². The van der Waals surface area contributed by atoms with Gasteiger partial charge in [0.1, 0.15) is 6.04 Å². The molecular formula is C20H28N2O3. The van der Waals surface area contributed by atoms with E-state index in [1.807, 2.05) is 20.8 Å². The first-order chi connectivity index (χ1) is 11.8. The van der Waals surface area contributed by atoms with Crippen LogP contribution < -0.4 is 5.32 Å². The normalized spacial score (nSPS) is 12.4. The number of H-pyrrole nitrogens is 1. The molecule has 2 rings (SSSR count). The van der Waals surface area contributed by atoms with E-state index in [0.717, 1.165) is 28.6 Å². The summed E-state index contributed by atoms with van der Waals surface area (Å²) in [5, 5.41) is 3.90.